The molecule has 3 N–H and O–H groups in total. The Kier molecular flexibility index (Phi) is 5.65. The van der Waals surface area contributed by atoms with Gasteiger partial charge >= 0.3 is 0 Å². The van der Waals surface area contributed by atoms with Crippen molar-refractivity contribution in [2.24, 2.45) is 0 Å². The van der Waals surface area contributed by atoms with Crippen LogP contribution in [0.5, 0.6) is 0 Å². The van der Waals surface area contributed by atoms with E-state index in [0.29, 0.717) is 21.7 Å². The molecule has 0 spiro atoms. The number of carbonyl (C=O) groups excluding carboxylic acids is 1. The maximum absolute atomic E-state index is 13.0. The number of hydrogen-bond donors (Lipinski definition) is 2. The van der Waals surface area contributed by atoms with Gasteiger partial charge in [0.2, 0.25) is 11.1 Å². The third kappa shape index (κ3) is 4.27. The fraction of sp³-hybridized carbons (Fsp3) is 0.0625. The van der Waals surface area contributed by atoms with Crippen LogP contribution in [0.2, 0.25) is 10.0 Å². The van der Waals surface area contributed by atoms with Crippen molar-refractivity contribution in [2.75, 3.05) is 16.9 Å². The van der Waals surface area contributed by atoms with Gasteiger partial charge in [-0.1, -0.05) is 35.0 Å². The molecular weight excluding hydrogens is 400 g/mol. The number of benzene rings is 2. The van der Waals surface area contributed by atoms with Gasteiger partial charge in [0, 0.05) is 10.6 Å². The van der Waals surface area contributed by atoms with Crippen molar-refractivity contribution in [1.82, 2.24) is 14.9 Å². The highest BCUT2D eigenvalue weighted by molar-refractivity contribution is 7.99. The first-order chi connectivity index (χ1) is 12.4. The van der Waals surface area contributed by atoms with Crippen molar-refractivity contribution >= 4 is 46.6 Å². The molecule has 0 aliphatic heterocycles. The minimum atomic E-state index is -0.478. The first-order valence-electron chi connectivity index (χ1n) is 7.28. The van der Waals surface area contributed by atoms with Crippen LogP contribution in [-0.2, 0) is 4.79 Å². The van der Waals surface area contributed by atoms with Gasteiger partial charge < -0.3 is 11.2 Å². The number of carbonyl (C=O) groups is 1. The number of halogens is 3. The van der Waals surface area contributed by atoms with Crippen molar-refractivity contribution in [2.45, 2.75) is 5.16 Å². The fourth-order valence-electron chi connectivity index (χ4n) is 2.08. The number of amides is 1. The van der Waals surface area contributed by atoms with Crippen LogP contribution in [0.15, 0.2) is 47.6 Å². The van der Waals surface area contributed by atoms with E-state index in [1.165, 1.54) is 16.8 Å². The summed E-state index contributed by atoms with van der Waals surface area (Å²) in [6, 6.07) is 10.7. The first kappa shape index (κ1) is 18.5. The minimum Gasteiger partial charge on any atom is -0.335 e. The lowest BCUT2D eigenvalue weighted by molar-refractivity contribution is -0.113. The summed E-state index contributed by atoms with van der Waals surface area (Å²) in [6.45, 7) is 0. The number of aromatic nitrogens is 3. The first-order valence-corrected chi connectivity index (χ1v) is 9.02. The van der Waals surface area contributed by atoms with E-state index in [4.69, 9.17) is 29.0 Å². The van der Waals surface area contributed by atoms with Crippen LogP contribution in [0.25, 0.3) is 11.4 Å². The summed E-state index contributed by atoms with van der Waals surface area (Å²) in [5.41, 5.74) is 1.08. The molecule has 10 heteroatoms. The SMILES string of the molecule is Nn1c(SCC(=O)Nc2ccc(F)cc2Cl)nnc1-c1ccc(Cl)cc1. The number of anilines is 1. The largest absolute Gasteiger partial charge is 0.335 e. The smallest absolute Gasteiger partial charge is 0.234 e. The van der Waals surface area contributed by atoms with Crippen molar-refractivity contribution in [1.29, 1.82) is 0 Å². The van der Waals surface area contributed by atoms with Crippen molar-refractivity contribution < 1.29 is 9.18 Å². The number of thioether (sulfide) groups is 1. The Morgan fingerprint density at radius 3 is 2.62 bits per heavy atom. The van der Waals surface area contributed by atoms with Gasteiger partial charge in [-0.15, -0.1) is 10.2 Å². The molecule has 26 heavy (non-hydrogen) atoms. The summed E-state index contributed by atoms with van der Waals surface area (Å²) in [5, 5.41) is 11.7. The van der Waals surface area contributed by atoms with E-state index < -0.39 is 5.82 Å². The van der Waals surface area contributed by atoms with Gasteiger partial charge in [-0.2, -0.15) is 0 Å². The van der Waals surface area contributed by atoms with Gasteiger partial charge in [0.25, 0.3) is 0 Å². The quantitative estimate of drug-likeness (QED) is 0.491. The van der Waals surface area contributed by atoms with Crippen LogP contribution in [-0.4, -0.2) is 26.5 Å². The highest BCUT2D eigenvalue weighted by Crippen LogP contribution is 2.25. The van der Waals surface area contributed by atoms with Gasteiger partial charge in [0.15, 0.2) is 5.82 Å². The summed E-state index contributed by atoms with van der Waals surface area (Å²) >= 11 is 12.9. The molecule has 1 aromatic heterocycles. The van der Waals surface area contributed by atoms with Crippen LogP contribution < -0.4 is 11.2 Å². The standard InChI is InChI=1S/C16H12Cl2FN5OS/c17-10-3-1-9(2-4-10)15-22-23-16(24(15)20)26-8-14(25)21-13-6-5-11(19)7-12(13)18/h1-7H,8,20H2,(H,21,25). The lowest BCUT2D eigenvalue weighted by Gasteiger charge is -2.07. The molecule has 0 fully saturated rings. The molecule has 0 atom stereocenters. The Bertz CT molecular complexity index is 948. The summed E-state index contributed by atoms with van der Waals surface area (Å²) < 4.78 is 14.3. The molecule has 0 bridgehead atoms. The zero-order valence-corrected chi connectivity index (χ0v) is 15.4. The zero-order chi connectivity index (χ0) is 18.7. The second kappa shape index (κ2) is 7.94. The molecule has 3 aromatic rings. The molecule has 2 aromatic carbocycles. The molecule has 6 nitrogen and oxygen atoms in total. The third-order valence-electron chi connectivity index (χ3n) is 3.30. The van der Waals surface area contributed by atoms with Crippen LogP contribution in [0.3, 0.4) is 0 Å². The van der Waals surface area contributed by atoms with Gasteiger partial charge in [-0.25, -0.2) is 9.07 Å². The Balaban J connectivity index is 1.64. The average Bonchev–Trinajstić information content (AvgIpc) is 2.97. The second-order valence-corrected chi connectivity index (χ2v) is 6.93. The summed E-state index contributed by atoms with van der Waals surface area (Å²) in [4.78, 5) is 12.1. The topological polar surface area (TPSA) is 85.8 Å². The number of hydrogen-bond acceptors (Lipinski definition) is 5. The summed E-state index contributed by atoms with van der Waals surface area (Å²) in [5.74, 6) is 5.67. The van der Waals surface area contributed by atoms with Crippen molar-refractivity contribution in [3.05, 3.63) is 58.3 Å². The predicted molar refractivity (Wildman–Crippen MR) is 101 cm³/mol. The fourth-order valence-corrected chi connectivity index (χ4v) is 3.08. The van der Waals surface area contributed by atoms with E-state index in [0.717, 1.165) is 23.4 Å². The molecule has 1 heterocycles. The van der Waals surface area contributed by atoms with Crippen LogP contribution in [0.4, 0.5) is 10.1 Å². The molecule has 1 amide bonds. The van der Waals surface area contributed by atoms with Crippen molar-refractivity contribution in [3.63, 3.8) is 0 Å². The summed E-state index contributed by atoms with van der Waals surface area (Å²) in [6.07, 6.45) is 0. The Morgan fingerprint density at radius 2 is 1.92 bits per heavy atom. The highest BCUT2D eigenvalue weighted by Gasteiger charge is 2.14. The normalized spacial score (nSPS) is 10.7. The van der Waals surface area contributed by atoms with E-state index >= 15 is 0 Å². The number of nitrogens with two attached hydrogens (primary N) is 1. The minimum absolute atomic E-state index is 0.0314. The van der Waals surface area contributed by atoms with E-state index in [9.17, 15) is 9.18 Å². The van der Waals surface area contributed by atoms with Crippen LogP contribution >= 0.6 is 35.0 Å². The van der Waals surface area contributed by atoms with Crippen LogP contribution in [0, 0.1) is 5.82 Å². The molecular formula is C16H12Cl2FN5OS. The van der Waals surface area contributed by atoms with Gasteiger partial charge in [0.05, 0.1) is 16.5 Å². The van der Waals surface area contributed by atoms with Crippen LogP contribution in [0.1, 0.15) is 0 Å². The maximum Gasteiger partial charge on any atom is 0.234 e. The van der Waals surface area contributed by atoms with E-state index in [1.54, 1.807) is 24.3 Å². The lowest BCUT2D eigenvalue weighted by Crippen LogP contribution is -2.16. The second-order valence-electron chi connectivity index (χ2n) is 5.14. The number of rotatable bonds is 5. The number of nitrogen functional groups attached to an aromatic ring is 1. The molecule has 0 aliphatic rings. The monoisotopic (exact) mass is 411 g/mol. The molecule has 0 unspecified atom stereocenters. The summed E-state index contributed by atoms with van der Waals surface area (Å²) in [7, 11) is 0. The lowest BCUT2D eigenvalue weighted by atomic mass is 10.2. The van der Waals surface area contributed by atoms with Gasteiger partial charge in [-0.05, 0) is 42.5 Å². The average molecular weight is 412 g/mol. The molecule has 0 saturated heterocycles. The Labute approximate surface area is 162 Å². The van der Waals surface area contributed by atoms with E-state index in [1.807, 2.05) is 0 Å². The van der Waals surface area contributed by atoms with E-state index in [2.05, 4.69) is 15.5 Å². The third-order valence-corrected chi connectivity index (χ3v) is 4.81. The van der Waals surface area contributed by atoms with Crippen molar-refractivity contribution in [3.8, 4) is 11.4 Å². The molecule has 3 rings (SSSR count). The molecule has 0 aliphatic carbocycles. The molecule has 134 valence electrons. The Morgan fingerprint density at radius 1 is 1.19 bits per heavy atom. The zero-order valence-electron chi connectivity index (χ0n) is 13.1. The molecule has 0 radical (unpaired) electrons. The Hall–Kier alpha value is -2.29. The number of nitrogens with one attached hydrogen (secondary N) is 1. The van der Waals surface area contributed by atoms with E-state index in [-0.39, 0.29) is 16.7 Å². The van der Waals surface area contributed by atoms with Gasteiger partial charge in [0.1, 0.15) is 5.82 Å². The highest BCUT2D eigenvalue weighted by atomic mass is 35.5. The molecule has 0 saturated carbocycles. The number of nitrogens with zero attached hydrogens (tertiary/aromatic N) is 3. The predicted octanol–water partition coefficient (Wildman–Crippen LogP) is 3.84. The van der Waals surface area contributed by atoms with Gasteiger partial charge in [-0.3, -0.25) is 4.79 Å². The maximum atomic E-state index is 13.0.